The molecule has 4 nitrogen and oxygen atoms in total. The summed E-state index contributed by atoms with van der Waals surface area (Å²) in [6, 6.07) is 10.5. The second kappa shape index (κ2) is 7.27. The number of allylic oxidation sites excluding steroid dienone is 2. The summed E-state index contributed by atoms with van der Waals surface area (Å²) in [5.74, 6) is 0.977. The first kappa shape index (κ1) is 17.5. The fraction of sp³-hybridized carbons (Fsp3) is 0.0952. The van der Waals surface area contributed by atoms with Crippen molar-refractivity contribution in [2.75, 3.05) is 12.4 Å². The molecular weight excluding hydrogens is 327 g/mol. The van der Waals surface area contributed by atoms with Gasteiger partial charge in [0.1, 0.15) is 11.6 Å². The van der Waals surface area contributed by atoms with Crippen LogP contribution in [0, 0.1) is 12.7 Å². The third kappa shape index (κ3) is 3.24. The van der Waals surface area contributed by atoms with Gasteiger partial charge >= 0.3 is 0 Å². The van der Waals surface area contributed by atoms with Crippen LogP contribution in [0.3, 0.4) is 0 Å². The molecule has 0 amide bonds. The van der Waals surface area contributed by atoms with Crippen LogP contribution in [0.4, 0.5) is 10.2 Å². The van der Waals surface area contributed by atoms with Crippen molar-refractivity contribution in [3.8, 4) is 11.1 Å². The van der Waals surface area contributed by atoms with Crippen LogP contribution < -0.4 is 5.32 Å². The molecule has 5 heteroatoms. The van der Waals surface area contributed by atoms with Gasteiger partial charge in [-0.1, -0.05) is 24.8 Å². The Bertz CT molecular complexity index is 1020. The first-order chi connectivity index (χ1) is 12.6. The maximum Gasteiger partial charge on any atom is 0.163 e. The van der Waals surface area contributed by atoms with E-state index in [1.807, 2.05) is 26.1 Å². The highest BCUT2D eigenvalue weighted by Gasteiger charge is 2.13. The number of nitrogens with one attached hydrogen (secondary N) is 1. The van der Waals surface area contributed by atoms with Gasteiger partial charge in [-0.05, 0) is 54.6 Å². The number of halogens is 1. The standard InChI is InChI=1S/C21H19FN4/c1-5-14(12-23-3)20-25-19-13(2)10-16(11-18(19)21(24-4)26-20)15-6-8-17(22)9-7-15/h5-12H,1,3H2,2,4H3,(H,24,25,26)/b14-12+. The fourth-order valence-electron chi connectivity index (χ4n) is 2.83. The number of aromatic nitrogens is 2. The number of hydrogen-bond donors (Lipinski definition) is 1. The minimum Gasteiger partial charge on any atom is -0.373 e. The van der Waals surface area contributed by atoms with Crippen molar-refractivity contribution in [1.29, 1.82) is 0 Å². The van der Waals surface area contributed by atoms with E-state index >= 15 is 0 Å². The van der Waals surface area contributed by atoms with Crippen LogP contribution in [0.2, 0.25) is 0 Å². The molecule has 1 aromatic heterocycles. The summed E-state index contributed by atoms with van der Waals surface area (Å²) in [4.78, 5) is 13.1. The van der Waals surface area contributed by atoms with Crippen molar-refractivity contribution in [2.24, 2.45) is 4.99 Å². The molecule has 0 atom stereocenters. The number of aliphatic imine (C=N–C) groups is 1. The molecular formula is C21H19FN4. The molecule has 0 saturated heterocycles. The van der Waals surface area contributed by atoms with Gasteiger partial charge in [-0.2, -0.15) is 0 Å². The average molecular weight is 346 g/mol. The minimum atomic E-state index is -0.255. The Balaban J connectivity index is 2.25. The van der Waals surface area contributed by atoms with Crippen LogP contribution in [-0.4, -0.2) is 23.7 Å². The normalized spacial score (nSPS) is 11.4. The predicted molar refractivity (Wildman–Crippen MR) is 107 cm³/mol. The summed E-state index contributed by atoms with van der Waals surface area (Å²) in [7, 11) is 1.81. The van der Waals surface area contributed by atoms with Gasteiger partial charge in [0.15, 0.2) is 5.82 Å². The summed E-state index contributed by atoms with van der Waals surface area (Å²) in [6.07, 6.45) is 3.23. The Kier molecular flexibility index (Phi) is 4.89. The van der Waals surface area contributed by atoms with E-state index in [0.717, 1.165) is 27.6 Å². The van der Waals surface area contributed by atoms with E-state index in [1.165, 1.54) is 12.1 Å². The number of anilines is 1. The highest BCUT2D eigenvalue weighted by atomic mass is 19.1. The van der Waals surface area contributed by atoms with Crippen LogP contribution in [-0.2, 0) is 0 Å². The smallest absolute Gasteiger partial charge is 0.163 e. The molecule has 0 radical (unpaired) electrons. The highest BCUT2D eigenvalue weighted by molar-refractivity contribution is 5.95. The van der Waals surface area contributed by atoms with Gasteiger partial charge in [-0.3, -0.25) is 4.99 Å². The van der Waals surface area contributed by atoms with Crippen LogP contribution in [0.25, 0.3) is 27.6 Å². The van der Waals surface area contributed by atoms with Gasteiger partial charge in [0.25, 0.3) is 0 Å². The van der Waals surface area contributed by atoms with E-state index in [4.69, 9.17) is 0 Å². The second-order valence-electron chi connectivity index (χ2n) is 5.81. The van der Waals surface area contributed by atoms with Crippen molar-refractivity contribution in [3.63, 3.8) is 0 Å². The van der Waals surface area contributed by atoms with Crippen LogP contribution in [0.5, 0.6) is 0 Å². The Morgan fingerprint density at radius 2 is 1.88 bits per heavy atom. The lowest BCUT2D eigenvalue weighted by Gasteiger charge is -2.12. The molecule has 2 aromatic carbocycles. The first-order valence-electron chi connectivity index (χ1n) is 8.12. The number of benzene rings is 2. The number of hydrogen-bond acceptors (Lipinski definition) is 4. The summed E-state index contributed by atoms with van der Waals surface area (Å²) in [5, 5.41) is 4.02. The molecule has 0 aliphatic carbocycles. The zero-order valence-electron chi connectivity index (χ0n) is 14.8. The maximum atomic E-state index is 13.2. The topological polar surface area (TPSA) is 50.2 Å². The molecule has 3 aromatic rings. The summed E-state index contributed by atoms with van der Waals surface area (Å²) in [5.41, 5.74) is 4.44. The lowest BCUT2D eigenvalue weighted by molar-refractivity contribution is 0.628. The van der Waals surface area contributed by atoms with E-state index in [-0.39, 0.29) is 5.82 Å². The summed E-state index contributed by atoms with van der Waals surface area (Å²) in [6.45, 7) is 9.26. The zero-order chi connectivity index (χ0) is 18.7. The molecule has 0 fully saturated rings. The monoisotopic (exact) mass is 346 g/mol. The van der Waals surface area contributed by atoms with Gasteiger partial charge in [0.2, 0.25) is 0 Å². The number of nitrogens with zero attached hydrogens (tertiary/aromatic N) is 3. The van der Waals surface area contributed by atoms with Crippen LogP contribution >= 0.6 is 0 Å². The van der Waals surface area contributed by atoms with Crippen molar-refractivity contribution >= 4 is 29.0 Å². The third-order valence-corrected chi connectivity index (χ3v) is 4.11. The van der Waals surface area contributed by atoms with Crippen molar-refractivity contribution in [2.45, 2.75) is 6.92 Å². The van der Waals surface area contributed by atoms with Gasteiger partial charge in [0, 0.05) is 24.2 Å². The van der Waals surface area contributed by atoms with Gasteiger partial charge in [-0.25, -0.2) is 14.4 Å². The lowest BCUT2D eigenvalue weighted by Crippen LogP contribution is -2.02. The SMILES string of the molecule is C=C/C(=C\N=C)c1nc(NC)c2cc(-c3ccc(F)cc3)cc(C)c2n1. The molecule has 1 N–H and O–H groups in total. The summed E-state index contributed by atoms with van der Waals surface area (Å²) >= 11 is 0. The second-order valence-corrected chi connectivity index (χ2v) is 5.81. The van der Waals surface area contributed by atoms with Crippen LogP contribution in [0.15, 0.2) is 60.2 Å². The molecule has 0 spiro atoms. The molecule has 26 heavy (non-hydrogen) atoms. The molecule has 0 unspecified atom stereocenters. The zero-order valence-corrected chi connectivity index (χ0v) is 14.8. The quantitative estimate of drug-likeness (QED) is 0.522. The minimum absolute atomic E-state index is 0.255. The lowest BCUT2D eigenvalue weighted by atomic mass is 10.00. The van der Waals surface area contributed by atoms with E-state index in [0.29, 0.717) is 17.2 Å². The van der Waals surface area contributed by atoms with Crippen molar-refractivity contribution in [1.82, 2.24) is 9.97 Å². The molecule has 3 rings (SSSR count). The van der Waals surface area contributed by atoms with Crippen molar-refractivity contribution < 1.29 is 4.39 Å². The van der Waals surface area contributed by atoms with E-state index < -0.39 is 0 Å². The van der Waals surface area contributed by atoms with E-state index in [2.05, 4.69) is 33.6 Å². The third-order valence-electron chi connectivity index (χ3n) is 4.11. The Hall–Kier alpha value is -3.34. The summed E-state index contributed by atoms with van der Waals surface area (Å²) < 4.78 is 13.2. The highest BCUT2D eigenvalue weighted by Crippen LogP contribution is 2.31. The number of aryl methyl sites for hydroxylation is 1. The fourth-order valence-corrected chi connectivity index (χ4v) is 2.83. The predicted octanol–water partition coefficient (Wildman–Crippen LogP) is 5.01. The average Bonchev–Trinajstić information content (AvgIpc) is 2.66. The van der Waals surface area contributed by atoms with Gasteiger partial charge < -0.3 is 5.32 Å². The Morgan fingerprint density at radius 1 is 1.15 bits per heavy atom. The Labute approximate surface area is 151 Å². The molecule has 0 bridgehead atoms. The molecule has 130 valence electrons. The first-order valence-corrected chi connectivity index (χ1v) is 8.12. The van der Waals surface area contributed by atoms with Crippen LogP contribution in [0.1, 0.15) is 11.4 Å². The Morgan fingerprint density at radius 3 is 2.50 bits per heavy atom. The van der Waals surface area contributed by atoms with Crippen molar-refractivity contribution in [3.05, 3.63) is 72.5 Å². The molecule has 0 saturated carbocycles. The van der Waals surface area contributed by atoms with Gasteiger partial charge in [0.05, 0.1) is 5.52 Å². The molecule has 1 heterocycles. The number of rotatable bonds is 5. The molecule has 0 aliphatic rings. The maximum absolute atomic E-state index is 13.2. The number of fused-ring (bicyclic) bond motifs is 1. The van der Waals surface area contributed by atoms with E-state index in [9.17, 15) is 4.39 Å². The van der Waals surface area contributed by atoms with E-state index in [1.54, 1.807) is 24.4 Å². The van der Waals surface area contributed by atoms with Gasteiger partial charge in [-0.15, -0.1) is 0 Å². The molecule has 0 aliphatic heterocycles. The largest absolute Gasteiger partial charge is 0.373 e.